The first-order valence-electron chi connectivity index (χ1n) is 6.51. The van der Waals surface area contributed by atoms with E-state index in [1.54, 1.807) is 0 Å². The number of hydrogen-bond donors (Lipinski definition) is 0. The number of hydrogen-bond acceptors (Lipinski definition) is 2. The van der Waals surface area contributed by atoms with Crippen LogP contribution in [0.25, 0.3) is 0 Å². The van der Waals surface area contributed by atoms with Crippen molar-refractivity contribution < 1.29 is 9.53 Å². The molecule has 0 N–H and O–H groups in total. The molecule has 2 aliphatic rings. The number of rotatable bonds is 2. The van der Waals surface area contributed by atoms with Gasteiger partial charge < -0.3 is 4.74 Å². The SMILES string of the molecule is O=C1OCCN1[C@@H]1C=C[C@H](c2ccccc2)CC1. The zero-order chi connectivity index (χ0) is 12.4. The van der Waals surface area contributed by atoms with Gasteiger partial charge in [-0.05, 0) is 18.4 Å². The van der Waals surface area contributed by atoms with Crippen LogP contribution in [0.2, 0.25) is 0 Å². The van der Waals surface area contributed by atoms with Gasteiger partial charge in [-0.2, -0.15) is 0 Å². The largest absolute Gasteiger partial charge is 0.448 e. The van der Waals surface area contributed by atoms with Crippen LogP contribution in [0, 0.1) is 0 Å². The Morgan fingerprint density at radius 2 is 1.94 bits per heavy atom. The van der Waals surface area contributed by atoms with Crippen LogP contribution in [0.4, 0.5) is 4.79 Å². The molecule has 1 fully saturated rings. The summed E-state index contributed by atoms with van der Waals surface area (Å²) in [7, 11) is 0. The molecule has 1 amide bonds. The van der Waals surface area contributed by atoms with Crippen LogP contribution in [0.3, 0.4) is 0 Å². The molecular weight excluding hydrogens is 226 g/mol. The highest BCUT2D eigenvalue weighted by Crippen LogP contribution is 2.30. The molecule has 0 bridgehead atoms. The van der Waals surface area contributed by atoms with Crippen LogP contribution in [-0.4, -0.2) is 30.2 Å². The number of nitrogens with zero attached hydrogens (tertiary/aromatic N) is 1. The molecule has 0 aromatic heterocycles. The van der Waals surface area contributed by atoms with E-state index < -0.39 is 0 Å². The highest BCUT2D eigenvalue weighted by molar-refractivity contribution is 5.70. The van der Waals surface area contributed by atoms with Crippen molar-refractivity contribution in [1.29, 1.82) is 0 Å². The summed E-state index contributed by atoms with van der Waals surface area (Å²) in [6.45, 7) is 1.26. The predicted molar refractivity (Wildman–Crippen MR) is 69.4 cm³/mol. The van der Waals surface area contributed by atoms with Gasteiger partial charge in [-0.3, -0.25) is 4.90 Å². The lowest BCUT2D eigenvalue weighted by Crippen LogP contribution is -2.36. The van der Waals surface area contributed by atoms with Crippen molar-refractivity contribution in [3.63, 3.8) is 0 Å². The summed E-state index contributed by atoms with van der Waals surface area (Å²) in [6, 6.07) is 10.7. The molecule has 1 saturated heterocycles. The Labute approximate surface area is 107 Å². The molecule has 3 heteroatoms. The Morgan fingerprint density at radius 1 is 1.11 bits per heavy atom. The van der Waals surface area contributed by atoms with Crippen molar-refractivity contribution in [1.82, 2.24) is 4.90 Å². The molecule has 1 aliphatic carbocycles. The van der Waals surface area contributed by atoms with Crippen LogP contribution in [-0.2, 0) is 4.74 Å². The van der Waals surface area contributed by atoms with E-state index in [2.05, 4.69) is 36.4 Å². The third kappa shape index (κ3) is 2.13. The maximum Gasteiger partial charge on any atom is 0.410 e. The summed E-state index contributed by atoms with van der Waals surface area (Å²) in [6.07, 6.45) is 6.34. The van der Waals surface area contributed by atoms with Gasteiger partial charge in [0.15, 0.2) is 0 Å². The second kappa shape index (κ2) is 4.84. The molecule has 0 saturated carbocycles. The maximum absolute atomic E-state index is 11.5. The highest BCUT2D eigenvalue weighted by Gasteiger charge is 2.30. The van der Waals surface area contributed by atoms with E-state index in [4.69, 9.17) is 4.74 Å². The van der Waals surface area contributed by atoms with Gasteiger partial charge >= 0.3 is 6.09 Å². The number of benzene rings is 1. The lowest BCUT2D eigenvalue weighted by molar-refractivity contribution is 0.151. The molecule has 1 heterocycles. The molecule has 2 atom stereocenters. The Morgan fingerprint density at radius 3 is 2.56 bits per heavy atom. The molecule has 1 aromatic rings. The van der Waals surface area contributed by atoms with Crippen molar-refractivity contribution in [3.8, 4) is 0 Å². The second-order valence-corrected chi connectivity index (χ2v) is 4.85. The van der Waals surface area contributed by atoms with Gasteiger partial charge in [0, 0.05) is 5.92 Å². The summed E-state index contributed by atoms with van der Waals surface area (Å²) in [5, 5.41) is 0. The molecule has 0 spiro atoms. The first-order valence-corrected chi connectivity index (χ1v) is 6.51. The van der Waals surface area contributed by atoms with Crippen LogP contribution in [0.5, 0.6) is 0 Å². The van der Waals surface area contributed by atoms with E-state index >= 15 is 0 Å². The summed E-state index contributed by atoms with van der Waals surface area (Å²) < 4.78 is 4.98. The van der Waals surface area contributed by atoms with E-state index in [0.29, 0.717) is 12.5 Å². The van der Waals surface area contributed by atoms with Gasteiger partial charge in [0.2, 0.25) is 0 Å². The monoisotopic (exact) mass is 243 g/mol. The molecule has 0 radical (unpaired) electrons. The van der Waals surface area contributed by atoms with Crippen LogP contribution >= 0.6 is 0 Å². The minimum absolute atomic E-state index is 0.164. The van der Waals surface area contributed by atoms with E-state index in [1.165, 1.54) is 5.56 Å². The van der Waals surface area contributed by atoms with E-state index in [0.717, 1.165) is 19.4 Å². The van der Waals surface area contributed by atoms with Crippen LogP contribution < -0.4 is 0 Å². The average Bonchev–Trinajstić information content (AvgIpc) is 2.86. The summed E-state index contributed by atoms with van der Waals surface area (Å²) in [5.74, 6) is 0.487. The fraction of sp³-hybridized carbons (Fsp3) is 0.400. The van der Waals surface area contributed by atoms with Crippen molar-refractivity contribution in [2.75, 3.05) is 13.2 Å². The topological polar surface area (TPSA) is 29.5 Å². The molecule has 0 unspecified atom stereocenters. The molecule has 3 nitrogen and oxygen atoms in total. The average molecular weight is 243 g/mol. The minimum atomic E-state index is -0.164. The maximum atomic E-state index is 11.5. The molecule has 1 aromatic carbocycles. The zero-order valence-electron chi connectivity index (χ0n) is 10.3. The Kier molecular flexibility index (Phi) is 3.05. The van der Waals surface area contributed by atoms with Crippen molar-refractivity contribution in [3.05, 3.63) is 48.0 Å². The van der Waals surface area contributed by atoms with Gasteiger partial charge in [-0.25, -0.2) is 4.79 Å². The van der Waals surface area contributed by atoms with Crippen LogP contribution in [0.15, 0.2) is 42.5 Å². The Balaban J connectivity index is 1.70. The van der Waals surface area contributed by atoms with Gasteiger partial charge in [-0.1, -0.05) is 42.5 Å². The van der Waals surface area contributed by atoms with E-state index in [1.807, 2.05) is 11.0 Å². The quantitative estimate of drug-likeness (QED) is 0.747. The molecule has 18 heavy (non-hydrogen) atoms. The van der Waals surface area contributed by atoms with Crippen LogP contribution in [0.1, 0.15) is 24.3 Å². The molecule has 1 aliphatic heterocycles. The molecule has 3 rings (SSSR count). The number of ether oxygens (including phenoxy) is 1. The molecular formula is C15H17NO2. The normalized spacial score (nSPS) is 27.3. The van der Waals surface area contributed by atoms with Crippen molar-refractivity contribution >= 4 is 6.09 Å². The van der Waals surface area contributed by atoms with Gasteiger partial charge in [0.1, 0.15) is 6.61 Å². The number of allylic oxidation sites excluding steroid dienone is 1. The highest BCUT2D eigenvalue weighted by atomic mass is 16.6. The number of carbonyl (C=O) groups excluding carboxylic acids is 1. The van der Waals surface area contributed by atoms with Gasteiger partial charge in [-0.15, -0.1) is 0 Å². The van der Waals surface area contributed by atoms with E-state index in [9.17, 15) is 4.79 Å². The fourth-order valence-electron chi connectivity index (χ4n) is 2.75. The first-order chi connectivity index (χ1) is 8.84. The van der Waals surface area contributed by atoms with Gasteiger partial charge in [0.05, 0.1) is 12.6 Å². The third-order valence-corrected chi connectivity index (χ3v) is 3.76. The van der Waals surface area contributed by atoms with Crippen molar-refractivity contribution in [2.45, 2.75) is 24.8 Å². The lowest BCUT2D eigenvalue weighted by atomic mass is 9.87. The van der Waals surface area contributed by atoms with E-state index in [-0.39, 0.29) is 12.1 Å². The van der Waals surface area contributed by atoms with Crippen molar-refractivity contribution in [2.24, 2.45) is 0 Å². The number of cyclic esters (lactones) is 1. The smallest absolute Gasteiger partial charge is 0.410 e. The summed E-state index contributed by atoms with van der Waals surface area (Å²) in [5.41, 5.74) is 1.36. The number of carbonyl (C=O) groups is 1. The first kappa shape index (κ1) is 11.3. The standard InChI is InChI=1S/C15H17NO2/c17-15-16(10-11-18-15)14-8-6-13(7-9-14)12-4-2-1-3-5-12/h1-6,8,13-14H,7,9-11H2/t13-,14+/m0/s1. The second-order valence-electron chi connectivity index (χ2n) is 4.85. The Bertz CT molecular complexity index is 455. The fourth-order valence-corrected chi connectivity index (χ4v) is 2.75. The summed E-state index contributed by atoms with van der Waals surface area (Å²) >= 11 is 0. The minimum Gasteiger partial charge on any atom is -0.448 e. The Hall–Kier alpha value is -1.77. The zero-order valence-corrected chi connectivity index (χ0v) is 10.3. The van der Waals surface area contributed by atoms with Gasteiger partial charge in [0.25, 0.3) is 0 Å². The summed E-state index contributed by atoms with van der Waals surface area (Å²) in [4.78, 5) is 13.3. The number of amides is 1. The molecule has 94 valence electrons. The lowest BCUT2D eigenvalue weighted by Gasteiger charge is -2.28. The third-order valence-electron chi connectivity index (χ3n) is 3.76. The predicted octanol–water partition coefficient (Wildman–Crippen LogP) is 2.94.